The summed E-state index contributed by atoms with van der Waals surface area (Å²) in [5.74, 6) is 0.833. The molecule has 0 spiro atoms. The molecule has 3 nitrogen and oxygen atoms in total. The van der Waals surface area contributed by atoms with Crippen LogP contribution in [-0.4, -0.2) is 31.5 Å². The Labute approximate surface area is 113 Å². The first-order chi connectivity index (χ1) is 9.24. The number of aliphatic hydroxyl groups excluding tert-OH is 1. The minimum atomic E-state index is -0.475. The van der Waals surface area contributed by atoms with Crippen LogP contribution in [0.25, 0.3) is 10.8 Å². The van der Waals surface area contributed by atoms with Crippen LogP contribution < -0.4 is 4.74 Å². The first kappa shape index (κ1) is 13.8. The van der Waals surface area contributed by atoms with Crippen LogP contribution in [-0.2, 0) is 11.2 Å². The molecule has 2 aromatic carbocycles. The lowest BCUT2D eigenvalue weighted by Crippen LogP contribution is -2.18. The summed E-state index contributed by atoms with van der Waals surface area (Å²) >= 11 is 0. The molecule has 0 aliphatic rings. The van der Waals surface area contributed by atoms with Gasteiger partial charge in [-0.15, -0.1) is 0 Å². The van der Waals surface area contributed by atoms with Gasteiger partial charge in [0.2, 0.25) is 0 Å². The van der Waals surface area contributed by atoms with Crippen molar-refractivity contribution in [2.75, 3.05) is 20.3 Å². The zero-order valence-electron chi connectivity index (χ0n) is 11.4. The monoisotopic (exact) mass is 260 g/mol. The molecule has 0 saturated heterocycles. The Morgan fingerprint density at radius 3 is 2.79 bits per heavy atom. The molecular formula is C16H20O3. The molecule has 1 atom stereocenters. The zero-order chi connectivity index (χ0) is 13.7. The molecule has 19 heavy (non-hydrogen) atoms. The number of ether oxygens (including phenoxy) is 2. The van der Waals surface area contributed by atoms with E-state index < -0.39 is 6.10 Å². The molecule has 102 valence electrons. The summed E-state index contributed by atoms with van der Waals surface area (Å²) in [5.41, 5.74) is 1.11. The molecule has 2 rings (SSSR count). The Morgan fingerprint density at radius 2 is 2.05 bits per heavy atom. The Hall–Kier alpha value is -1.58. The molecule has 0 aliphatic heterocycles. The molecule has 0 amide bonds. The molecule has 2 aromatic rings. The van der Waals surface area contributed by atoms with Gasteiger partial charge < -0.3 is 14.6 Å². The van der Waals surface area contributed by atoms with Gasteiger partial charge in [-0.2, -0.15) is 0 Å². The van der Waals surface area contributed by atoms with Crippen LogP contribution in [0.1, 0.15) is 12.5 Å². The van der Waals surface area contributed by atoms with Crippen LogP contribution >= 0.6 is 0 Å². The summed E-state index contributed by atoms with van der Waals surface area (Å²) in [6.07, 6.45) is 0.113. The Bertz CT molecular complexity index is 537. The van der Waals surface area contributed by atoms with Crippen molar-refractivity contribution in [2.45, 2.75) is 19.4 Å². The van der Waals surface area contributed by atoms with Gasteiger partial charge in [-0.1, -0.05) is 24.3 Å². The van der Waals surface area contributed by atoms with Gasteiger partial charge in [0.15, 0.2) is 0 Å². The summed E-state index contributed by atoms with van der Waals surface area (Å²) in [4.78, 5) is 0. The van der Waals surface area contributed by atoms with Gasteiger partial charge in [0.25, 0.3) is 0 Å². The highest BCUT2D eigenvalue weighted by Crippen LogP contribution is 2.25. The van der Waals surface area contributed by atoms with Crippen molar-refractivity contribution in [1.82, 2.24) is 0 Å². The van der Waals surface area contributed by atoms with Gasteiger partial charge in [0, 0.05) is 13.0 Å². The molecular weight excluding hydrogens is 240 g/mol. The highest BCUT2D eigenvalue weighted by molar-refractivity contribution is 5.87. The third-order valence-electron chi connectivity index (χ3n) is 3.15. The minimum Gasteiger partial charge on any atom is -0.497 e. The van der Waals surface area contributed by atoms with E-state index in [1.165, 1.54) is 0 Å². The molecule has 0 aromatic heterocycles. The Balaban J connectivity index is 2.26. The van der Waals surface area contributed by atoms with Crippen molar-refractivity contribution < 1.29 is 14.6 Å². The fourth-order valence-corrected chi connectivity index (χ4v) is 2.19. The van der Waals surface area contributed by atoms with E-state index in [2.05, 4.69) is 6.07 Å². The van der Waals surface area contributed by atoms with E-state index in [0.717, 1.165) is 22.1 Å². The average Bonchev–Trinajstić information content (AvgIpc) is 2.45. The van der Waals surface area contributed by atoms with Crippen LogP contribution in [0.4, 0.5) is 0 Å². The first-order valence-corrected chi connectivity index (χ1v) is 6.56. The second kappa shape index (κ2) is 6.55. The summed E-state index contributed by atoms with van der Waals surface area (Å²) < 4.78 is 10.5. The van der Waals surface area contributed by atoms with E-state index in [9.17, 15) is 5.11 Å². The Morgan fingerprint density at radius 1 is 1.21 bits per heavy atom. The third-order valence-corrected chi connectivity index (χ3v) is 3.15. The number of fused-ring (bicyclic) bond motifs is 1. The van der Waals surface area contributed by atoms with Gasteiger partial charge in [0.1, 0.15) is 5.75 Å². The lowest BCUT2D eigenvalue weighted by atomic mass is 10.00. The number of benzene rings is 2. The third kappa shape index (κ3) is 3.46. The van der Waals surface area contributed by atoms with Crippen molar-refractivity contribution in [3.63, 3.8) is 0 Å². The Kier molecular flexibility index (Phi) is 4.77. The van der Waals surface area contributed by atoms with Crippen LogP contribution in [0.15, 0.2) is 36.4 Å². The maximum absolute atomic E-state index is 9.96. The fraction of sp³-hybridized carbons (Fsp3) is 0.375. The van der Waals surface area contributed by atoms with E-state index in [1.807, 2.05) is 37.3 Å². The fourth-order valence-electron chi connectivity index (χ4n) is 2.19. The summed E-state index contributed by atoms with van der Waals surface area (Å²) in [6.45, 7) is 2.92. The number of hydrogen-bond donors (Lipinski definition) is 1. The molecule has 1 unspecified atom stereocenters. The molecule has 0 fully saturated rings. The molecule has 0 bridgehead atoms. The minimum absolute atomic E-state index is 0.372. The van der Waals surface area contributed by atoms with Crippen molar-refractivity contribution in [1.29, 1.82) is 0 Å². The second-order valence-electron chi connectivity index (χ2n) is 4.52. The summed E-state index contributed by atoms with van der Waals surface area (Å²) in [7, 11) is 1.66. The van der Waals surface area contributed by atoms with E-state index in [4.69, 9.17) is 9.47 Å². The molecule has 0 heterocycles. The molecule has 0 aliphatic carbocycles. The number of hydrogen-bond acceptors (Lipinski definition) is 3. The summed E-state index contributed by atoms with van der Waals surface area (Å²) in [6, 6.07) is 12.1. The molecule has 0 radical (unpaired) electrons. The topological polar surface area (TPSA) is 38.7 Å². The van der Waals surface area contributed by atoms with E-state index in [1.54, 1.807) is 7.11 Å². The number of methoxy groups -OCH3 is 1. The van der Waals surface area contributed by atoms with E-state index >= 15 is 0 Å². The standard InChI is InChI=1S/C16H20O3/c1-3-19-11-14(17)9-13-6-4-5-12-7-8-15(18-2)10-16(12)13/h4-8,10,14,17H,3,9,11H2,1-2H3. The highest BCUT2D eigenvalue weighted by atomic mass is 16.5. The average molecular weight is 260 g/mol. The smallest absolute Gasteiger partial charge is 0.119 e. The van der Waals surface area contributed by atoms with E-state index in [-0.39, 0.29) is 0 Å². The van der Waals surface area contributed by atoms with Crippen molar-refractivity contribution in [3.8, 4) is 5.75 Å². The lowest BCUT2D eigenvalue weighted by molar-refractivity contribution is 0.0431. The summed E-state index contributed by atoms with van der Waals surface area (Å²) in [5, 5.41) is 12.2. The molecule has 1 N–H and O–H groups in total. The van der Waals surface area contributed by atoms with Crippen LogP contribution in [0.5, 0.6) is 5.75 Å². The van der Waals surface area contributed by atoms with Crippen LogP contribution in [0, 0.1) is 0 Å². The van der Waals surface area contributed by atoms with Gasteiger partial charge in [-0.3, -0.25) is 0 Å². The largest absolute Gasteiger partial charge is 0.497 e. The van der Waals surface area contributed by atoms with Gasteiger partial charge in [-0.25, -0.2) is 0 Å². The highest BCUT2D eigenvalue weighted by Gasteiger charge is 2.09. The van der Waals surface area contributed by atoms with Crippen molar-refractivity contribution in [3.05, 3.63) is 42.0 Å². The predicted molar refractivity (Wildman–Crippen MR) is 76.7 cm³/mol. The second-order valence-corrected chi connectivity index (χ2v) is 4.52. The van der Waals surface area contributed by atoms with Gasteiger partial charge in [0.05, 0.1) is 19.8 Å². The number of rotatable bonds is 6. The van der Waals surface area contributed by atoms with Crippen molar-refractivity contribution in [2.24, 2.45) is 0 Å². The first-order valence-electron chi connectivity index (χ1n) is 6.56. The molecule has 3 heteroatoms. The van der Waals surface area contributed by atoms with Gasteiger partial charge >= 0.3 is 0 Å². The zero-order valence-corrected chi connectivity index (χ0v) is 11.4. The molecule has 0 saturated carbocycles. The maximum atomic E-state index is 9.96. The predicted octanol–water partition coefficient (Wildman–Crippen LogP) is 2.79. The SMILES string of the molecule is CCOCC(O)Cc1cccc2ccc(OC)cc12. The van der Waals surface area contributed by atoms with E-state index in [0.29, 0.717) is 19.6 Å². The van der Waals surface area contributed by atoms with Gasteiger partial charge in [-0.05, 0) is 35.4 Å². The quantitative estimate of drug-likeness (QED) is 0.868. The normalized spacial score (nSPS) is 12.6. The number of aliphatic hydroxyl groups is 1. The van der Waals surface area contributed by atoms with Crippen LogP contribution in [0.2, 0.25) is 0 Å². The van der Waals surface area contributed by atoms with Crippen molar-refractivity contribution >= 4 is 10.8 Å². The lowest BCUT2D eigenvalue weighted by Gasteiger charge is -2.13. The maximum Gasteiger partial charge on any atom is 0.119 e. The van der Waals surface area contributed by atoms with Crippen LogP contribution in [0.3, 0.4) is 0 Å².